The fourth-order valence-electron chi connectivity index (χ4n) is 4.22. The highest BCUT2D eigenvalue weighted by molar-refractivity contribution is 7.18. The van der Waals surface area contributed by atoms with E-state index in [2.05, 4.69) is 18.2 Å². The van der Waals surface area contributed by atoms with Gasteiger partial charge in [-0.2, -0.15) is 0 Å². The summed E-state index contributed by atoms with van der Waals surface area (Å²) in [7, 11) is 0. The lowest BCUT2D eigenvalue weighted by Crippen LogP contribution is -2.34. The molecule has 5 heteroatoms. The summed E-state index contributed by atoms with van der Waals surface area (Å²) in [5, 5.41) is 1.04. The average Bonchev–Trinajstić information content (AvgIpc) is 3.43. The molecule has 1 aliphatic carbocycles. The van der Waals surface area contributed by atoms with Gasteiger partial charge in [0.15, 0.2) is 6.61 Å². The molecule has 138 valence electrons. The van der Waals surface area contributed by atoms with Crippen molar-refractivity contribution in [2.45, 2.75) is 38.1 Å². The number of ether oxygens (including phenoxy) is 1. The van der Waals surface area contributed by atoms with Crippen molar-refractivity contribution in [3.05, 3.63) is 58.6 Å². The smallest absolute Gasteiger partial charge is 0.261 e. The molecule has 0 radical (unpaired) electrons. The Kier molecular flexibility index (Phi) is 4.32. The molecule has 2 heterocycles. The van der Waals surface area contributed by atoms with E-state index in [4.69, 9.17) is 9.72 Å². The number of hydrogen-bond acceptors (Lipinski definition) is 4. The number of nitrogens with zero attached hydrogens (tertiary/aromatic N) is 2. The minimum Gasteiger partial charge on any atom is -0.484 e. The van der Waals surface area contributed by atoms with Gasteiger partial charge in [-0.15, -0.1) is 11.3 Å². The molecule has 0 saturated carbocycles. The molecule has 0 spiro atoms. The van der Waals surface area contributed by atoms with E-state index in [1.807, 2.05) is 29.2 Å². The van der Waals surface area contributed by atoms with Crippen LogP contribution in [0.25, 0.3) is 10.2 Å². The topological polar surface area (TPSA) is 42.4 Å². The second-order valence-corrected chi connectivity index (χ2v) is 8.40. The summed E-state index contributed by atoms with van der Waals surface area (Å²) >= 11 is 1.70. The van der Waals surface area contributed by atoms with Crippen molar-refractivity contribution >= 4 is 27.5 Å². The van der Waals surface area contributed by atoms with Crippen LogP contribution in [0.2, 0.25) is 0 Å². The first-order chi connectivity index (χ1) is 13.3. The number of hydrogen-bond donors (Lipinski definition) is 0. The van der Waals surface area contributed by atoms with Gasteiger partial charge in [-0.3, -0.25) is 4.79 Å². The quantitative estimate of drug-likeness (QED) is 0.670. The molecule has 0 N–H and O–H groups in total. The van der Waals surface area contributed by atoms with Gasteiger partial charge in [-0.1, -0.05) is 18.2 Å². The molecule has 1 saturated heterocycles. The minimum absolute atomic E-state index is 0.0530. The van der Waals surface area contributed by atoms with Gasteiger partial charge in [0.2, 0.25) is 0 Å². The molecule has 2 aromatic carbocycles. The zero-order valence-corrected chi connectivity index (χ0v) is 16.0. The number of amides is 1. The Balaban J connectivity index is 1.29. The number of para-hydroxylation sites is 1. The Morgan fingerprint density at radius 2 is 2.04 bits per heavy atom. The lowest BCUT2D eigenvalue weighted by atomic mass is 10.1. The Morgan fingerprint density at radius 3 is 2.96 bits per heavy atom. The molecule has 5 rings (SSSR count). The third kappa shape index (κ3) is 3.21. The molecule has 2 aliphatic rings. The van der Waals surface area contributed by atoms with Crippen LogP contribution >= 0.6 is 11.3 Å². The molecule has 0 bridgehead atoms. The molecular weight excluding hydrogens is 356 g/mol. The lowest BCUT2D eigenvalue weighted by Gasteiger charge is -2.23. The summed E-state index contributed by atoms with van der Waals surface area (Å²) in [4.78, 5) is 19.5. The summed E-state index contributed by atoms with van der Waals surface area (Å²) in [6.45, 7) is 0.882. The number of thiazole rings is 1. The first-order valence-corrected chi connectivity index (χ1v) is 10.5. The maximum atomic E-state index is 12.8. The normalized spacial score (nSPS) is 18.8. The molecule has 1 aliphatic heterocycles. The van der Waals surface area contributed by atoms with Crippen LogP contribution in [-0.2, 0) is 17.6 Å². The fraction of sp³-hybridized carbons (Fsp3) is 0.364. The standard InChI is InChI=1S/C22H22N2O2S/c25-21(14-26-17-11-10-15-5-3-6-16(15)13-17)24-12-4-8-19(24)22-23-18-7-1-2-9-20(18)27-22/h1-2,7,9-11,13,19H,3-6,8,12,14H2/t19-/m0/s1. The molecule has 27 heavy (non-hydrogen) atoms. The molecular formula is C22H22N2O2S. The number of carbonyl (C=O) groups is 1. The Hall–Kier alpha value is -2.40. The summed E-state index contributed by atoms with van der Waals surface area (Å²) in [5.74, 6) is 0.858. The first-order valence-electron chi connectivity index (χ1n) is 9.67. The van der Waals surface area contributed by atoms with Crippen molar-refractivity contribution in [3.8, 4) is 5.75 Å². The number of aryl methyl sites for hydroxylation is 2. The van der Waals surface area contributed by atoms with E-state index in [1.165, 1.54) is 22.2 Å². The van der Waals surface area contributed by atoms with Crippen molar-refractivity contribution in [1.29, 1.82) is 0 Å². The molecule has 3 aromatic rings. The monoisotopic (exact) mass is 378 g/mol. The van der Waals surface area contributed by atoms with Gasteiger partial charge in [0.05, 0.1) is 16.3 Å². The maximum absolute atomic E-state index is 12.8. The van der Waals surface area contributed by atoms with Crippen LogP contribution in [0.15, 0.2) is 42.5 Å². The number of fused-ring (bicyclic) bond motifs is 2. The molecule has 1 aromatic heterocycles. The largest absolute Gasteiger partial charge is 0.484 e. The van der Waals surface area contributed by atoms with E-state index in [1.54, 1.807) is 11.3 Å². The van der Waals surface area contributed by atoms with E-state index >= 15 is 0 Å². The third-order valence-electron chi connectivity index (χ3n) is 5.60. The maximum Gasteiger partial charge on any atom is 0.261 e. The van der Waals surface area contributed by atoms with Crippen LogP contribution in [0.3, 0.4) is 0 Å². The highest BCUT2D eigenvalue weighted by Gasteiger charge is 2.32. The molecule has 1 amide bonds. The van der Waals surface area contributed by atoms with E-state index in [-0.39, 0.29) is 18.6 Å². The zero-order valence-electron chi connectivity index (χ0n) is 15.2. The summed E-state index contributed by atoms with van der Waals surface area (Å²) in [5.41, 5.74) is 3.81. The molecule has 4 nitrogen and oxygen atoms in total. The molecule has 1 atom stereocenters. The second-order valence-electron chi connectivity index (χ2n) is 7.34. The third-order valence-corrected chi connectivity index (χ3v) is 6.74. The summed E-state index contributed by atoms with van der Waals surface area (Å²) < 4.78 is 7.02. The van der Waals surface area contributed by atoms with Crippen molar-refractivity contribution in [1.82, 2.24) is 9.88 Å². The predicted molar refractivity (Wildman–Crippen MR) is 107 cm³/mol. The van der Waals surface area contributed by atoms with E-state index < -0.39 is 0 Å². The van der Waals surface area contributed by atoms with Crippen LogP contribution in [-0.4, -0.2) is 28.9 Å². The van der Waals surface area contributed by atoms with Gasteiger partial charge in [0.25, 0.3) is 5.91 Å². The van der Waals surface area contributed by atoms with Crippen molar-refractivity contribution in [3.63, 3.8) is 0 Å². The lowest BCUT2D eigenvalue weighted by molar-refractivity contribution is -0.134. The second kappa shape index (κ2) is 6.97. The number of likely N-dealkylation sites (tertiary alicyclic amines) is 1. The van der Waals surface area contributed by atoms with Gasteiger partial charge in [0, 0.05) is 6.54 Å². The number of rotatable bonds is 4. The Bertz CT molecular complexity index is 964. The molecule has 1 fully saturated rings. The van der Waals surface area contributed by atoms with Gasteiger partial charge < -0.3 is 9.64 Å². The molecule has 0 unspecified atom stereocenters. The van der Waals surface area contributed by atoms with Crippen LogP contribution in [0.4, 0.5) is 0 Å². The Morgan fingerprint density at radius 1 is 1.15 bits per heavy atom. The van der Waals surface area contributed by atoms with Gasteiger partial charge >= 0.3 is 0 Å². The van der Waals surface area contributed by atoms with E-state index in [9.17, 15) is 4.79 Å². The first kappa shape index (κ1) is 16.8. The van der Waals surface area contributed by atoms with Crippen LogP contribution in [0.1, 0.15) is 41.4 Å². The van der Waals surface area contributed by atoms with Gasteiger partial charge in [0.1, 0.15) is 10.8 Å². The fourth-order valence-corrected chi connectivity index (χ4v) is 5.34. The van der Waals surface area contributed by atoms with Crippen LogP contribution in [0, 0.1) is 0 Å². The highest BCUT2D eigenvalue weighted by atomic mass is 32.1. The highest BCUT2D eigenvalue weighted by Crippen LogP contribution is 2.36. The zero-order chi connectivity index (χ0) is 18.2. The average molecular weight is 378 g/mol. The Labute approximate surface area is 162 Å². The summed E-state index contributed by atoms with van der Waals surface area (Å²) in [6, 6.07) is 14.5. The predicted octanol–water partition coefficient (Wildman–Crippen LogP) is 4.53. The van der Waals surface area contributed by atoms with Crippen LogP contribution in [0.5, 0.6) is 5.75 Å². The SMILES string of the molecule is O=C(COc1ccc2c(c1)CCC2)N1CCC[C@H]1c1nc2ccccc2s1. The van der Waals surface area contributed by atoms with Crippen molar-refractivity contribution in [2.24, 2.45) is 0 Å². The number of carbonyl (C=O) groups excluding carboxylic acids is 1. The summed E-state index contributed by atoms with van der Waals surface area (Å²) in [6.07, 6.45) is 5.49. The van der Waals surface area contributed by atoms with Gasteiger partial charge in [-0.05, 0) is 67.5 Å². The van der Waals surface area contributed by atoms with Crippen LogP contribution < -0.4 is 4.74 Å². The number of aromatic nitrogens is 1. The van der Waals surface area contributed by atoms with E-state index in [0.717, 1.165) is 48.5 Å². The van der Waals surface area contributed by atoms with Crippen molar-refractivity contribution < 1.29 is 9.53 Å². The van der Waals surface area contributed by atoms with Crippen molar-refractivity contribution in [2.75, 3.05) is 13.2 Å². The van der Waals surface area contributed by atoms with Gasteiger partial charge in [-0.25, -0.2) is 4.98 Å². The minimum atomic E-state index is 0.0530. The van der Waals surface area contributed by atoms with E-state index in [0.29, 0.717) is 0 Å². The number of benzene rings is 2.